The molecule has 0 spiro atoms. The molecular weight excluding hydrogens is 474 g/mol. The van der Waals surface area contributed by atoms with Crippen LogP contribution in [0.4, 0.5) is 0 Å². The molecule has 0 aromatic heterocycles. The Morgan fingerprint density at radius 3 is 1.00 bits per heavy atom. The number of hydrogen-bond donors (Lipinski definition) is 0. The Labute approximate surface area is 95.4 Å². The molecule has 0 bridgehead atoms. The molecule has 0 saturated carbocycles. The molecule has 0 N–H and O–H groups in total. The molecule has 5 heteroatoms. The van der Waals surface area contributed by atoms with E-state index in [1.807, 2.05) is 0 Å². The van der Waals surface area contributed by atoms with Crippen LogP contribution in [0, 0.1) is 0 Å². The molecule has 1 nitrogen and oxygen atoms in total. The van der Waals surface area contributed by atoms with Gasteiger partial charge in [-0.2, -0.15) is 0 Å². The fourth-order valence-corrected chi connectivity index (χ4v) is 0. The molecule has 0 unspecified atom stereocenters. The van der Waals surface area contributed by atoms with Crippen LogP contribution >= 0.6 is 0 Å². The van der Waals surface area contributed by atoms with Gasteiger partial charge in [0.15, 0.2) is 0 Å². The van der Waals surface area contributed by atoms with E-state index in [2.05, 4.69) is 0 Å². The van der Waals surface area contributed by atoms with Gasteiger partial charge in [0.2, 0.25) is 0 Å². The summed E-state index contributed by atoms with van der Waals surface area (Å²) in [6.07, 6.45) is 0. The van der Waals surface area contributed by atoms with Crippen LogP contribution in [0.15, 0.2) is 0 Å². The topological polar surface area (TPSA) is 28.5 Å². The monoisotopic (exact) mass is 476 g/mol. The van der Waals surface area contributed by atoms with E-state index in [4.69, 9.17) is 0 Å². The van der Waals surface area contributed by atoms with Gasteiger partial charge in [-0.15, -0.1) is 0 Å². The summed E-state index contributed by atoms with van der Waals surface area (Å²) in [4.78, 5) is 0. The Kier molecular flexibility index (Phi) is 247. The van der Waals surface area contributed by atoms with Gasteiger partial charge in [0.25, 0.3) is 0 Å². The Bertz CT molecular complexity index is 11.6. The first-order valence-corrected chi connectivity index (χ1v) is 0. The quantitative estimate of drug-likeness (QED) is 0.409. The van der Waals surface area contributed by atoms with Gasteiger partial charge in [-0.25, -0.2) is 0 Å². The van der Waals surface area contributed by atoms with Crippen LogP contribution in [0.3, 0.4) is 0 Å². The van der Waals surface area contributed by atoms with Gasteiger partial charge in [-0.1, -0.05) is 0 Å². The fourth-order valence-electron chi connectivity index (χ4n) is 0. The summed E-state index contributed by atoms with van der Waals surface area (Å²) in [6.45, 7) is 0. The van der Waals surface area contributed by atoms with Crippen LogP contribution < -0.4 is 0 Å². The largest absolute Gasteiger partial charge is 2.00 e. The Hall–Kier alpha value is 2.97. The van der Waals surface area contributed by atoms with Crippen molar-refractivity contribution in [2.24, 2.45) is 0 Å². The second kappa shape index (κ2) is 28.2. The minimum Gasteiger partial charge on any atom is -2.00 e. The van der Waals surface area contributed by atoms with Gasteiger partial charge >= 0.3 is 27.3 Å². The zero-order chi connectivity index (χ0) is 0. The minimum absolute atomic E-state index is 0. The predicted molar refractivity (Wildman–Crippen MR) is 12.2 cm³/mol. The molecule has 0 aromatic rings. The summed E-state index contributed by atoms with van der Waals surface area (Å²) in [5.74, 6) is 0. The smallest absolute Gasteiger partial charge is 2.00 e. The zero-order valence-electron chi connectivity index (χ0n) is 2.82. The van der Waals surface area contributed by atoms with Gasteiger partial charge in [0, 0.05) is 64.4 Å². The third kappa shape index (κ3) is 19.5. The normalized spacial score (nSPS) is 0. The van der Waals surface area contributed by atoms with Crippen molar-refractivity contribution >= 4 is 44.9 Å². The van der Waals surface area contributed by atoms with E-state index in [9.17, 15) is 0 Å². The number of rotatable bonds is 0. The van der Waals surface area contributed by atoms with E-state index in [0.717, 1.165) is 0 Å². The SMILES string of the molecule is [Cd].[Ge].[O-2].[Pb+2].[Zn]. The maximum Gasteiger partial charge on any atom is 2.00 e. The molecule has 0 saturated heterocycles. The Balaban J connectivity index is 0. The molecule has 0 aliphatic rings. The van der Waals surface area contributed by atoms with E-state index < -0.39 is 0 Å². The molecule has 5 heavy (non-hydrogen) atoms. The van der Waals surface area contributed by atoms with Crippen LogP contribution in [-0.4, -0.2) is 44.9 Å². The van der Waals surface area contributed by atoms with E-state index in [1.54, 1.807) is 0 Å². The average molecular weight is 474 g/mol. The maximum absolute atomic E-state index is 0. The molecule has 6 radical (unpaired) electrons. The maximum atomic E-state index is 0. The van der Waals surface area contributed by atoms with Gasteiger partial charge in [-0.05, 0) is 0 Å². The molecule has 0 rings (SSSR count). The van der Waals surface area contributed by atoms with Crippen LogP contribution in [0.5, 0.6) is 0 Å². The van der Waals surface area contributed by atoms with Gasteiger partial charge in [0.1, 0.15) is 0 Å². The van der Waals surface area contributed by atoms with Crippen molar-refractivity contribution in [1.82, 2.24) is 0 Å². The second-order valence-corrected chi connectivity index (χ2v) is 0. The molecule has 0 aliphatic carbocycles. The van der Waals surface area contributed by atoms with Crippen LogP contribution in [0.1, 0.15) is 0 Å². The zero-order valence-corrected chi connectivity index (χ0v) is 15.8. The van der Waals surface area contributed by atoms with E-state index in [1.165, 1.54) is 0 Å². The first-order chi connectivity index (χ1) is 0. The van der Waals surface area contributed by atoms with Crippen molar-refractivity contribution in [3.63, 3.8) is 0 Å². The fraction of sp³-hybridized carbons (Fsp3) is 0. The van der Waals surface area contributed by atoms with Crippen molar-refractivity contribution in [2.45, 2.75) is 0 Å². The third-order valence-electron chi connectivity index (χ3n) is 0. The molecule has 0 fully saturated rings. The molecule has 0 heterocycles. The second-order valence-electron chi connectivity index (χ2n) is 0. The van der Waals surface area contributed by atoms with Gasteiger partial charge in [-0.3, -0.25) is 0 Å². The minimum atomic E-state index is 0. The standard InChI is InChI=1S/Cd.Ge.O.Pb.Zn/q;;-2;+2;. The summed E-state index contributed by atoms with van der Waals surface area (Å²) in [5, 5.41) is 0. The summed E-state index contributed by atoms with van der Waals surface area (Å²) in [6, 6.07) is 0. The predicted octanol–water partition coefficient (Wildman–Crippen LogP) is -0.885. The molecular formula is CdGeOPbZn. The van der Waals surface area contributed by atoms with Crippen molar-refractivity contribution < 1.29 is 52.3 Å². The van der Waals surface area contributed by atoms with Crippen molar-refractivity contribution in [3.8, 4) is 0 Å². The van der Waals surface area contributed by atoms with Crippen LogP contribution in [0.25, 0.3) is 0 Å². The van der Waals surface area contributed by atoms with Crippen molar-refractivity contribution in [3.05, 3.63) is 0 Å². The van der Waals surface area contributed by atoms with E-state index in [0.29, 0.717) is 0 Å². The first-order valence-electron chi connectivity index (χ1n) is 0. The molecule has 0 aromatic carbocycles. The molecule has 0 amide bonds. The van der Waals surface area contributed by atoms with E-state index >= 15 is 0 Å². The van der Waals surface area contributed by atoms with Crippen molar-refractivity contribution in [2.75, 3.05) is 0 Å². The summed E-state index contributed by atoms with van der Waals surface area (Å²) >= 11 is 0. The number of hydrogen-bond acceptors (Lipinski definition) is 0. The van der Waals surface area contributed by atoms with E-state index in [-0.39, 0.29) is 97.1 Å². The molecule has 0 aliphatic heterocycles. The summed E-state index contributed by atoms with van der Waals surface area (Å²) in [5.41, 5.74) is 0. The molecule has 0 atom stereocenters. The van der Waals surface area contributed by atoms with Crippen LogP contribution in [-0.2, 0) is 52.3 Å². The van der Waals surface area contributed by atoms with Gasteiger partial charge in [0.05, 0.1) is 0 Å². The molecule has 18 valence electrons. The van der Waals surface area contributed by atoms with Gasteiger partial charge < -0.3 is 5.48 Å². The third-order valence-corrected chi connectivity index (χ3v) is 0. The average Bonchev–Trinajstić information content (AvgIpc) is 0. The van der Waals surface area contributed by atoms with Crippen LogP contribution in [0.2, 0.25) is 0 Å². The summed E-state index contributed by atoms with van der Waals surface area (Å²) in [7, 11) is 0. The Morgan fingerprint density at radius 2 is 1.00 bits per heavy atom. The Morgan fingerprint density at radius 1 is 1.00 bits per heavy atom. The summed E-state index contributed by atoms with van der Waals surface area (Å²) < 4.78 is 0. The van der Waals surface area contributed by atoms with Crippen molar-refractivity contribution in [1.29, 1.82) is 0 Å². The first kappa shape index (κ1) is 43.9.